The quantitative estimate of drug-likeness (QED) is 0.232. The van der Waals surface area contributed by atoms with Crippen LogP contribution in [0.3, 0.4) is 0 Å². The number of hydrogen-bond donors (Lipinski definition) is 2. The Kier molecular flexibility index (Phi) is 10.4. The predicted molar refractivity (Wildman–Crippen MR) is 145 cm³/mol. The minimum Gasteiger partial charge on any atom is -0.356 e. The van der Waals surface area contributed by atoms with Gasteiger partial charge in [-0.05, 0) is 44.6 Å². The number of aliphatic imine (C=N–C) groups is 1. The summed E-state index contributed by atoms with van der Waals surface area (Å²) in [6.45, 7) is 6.46. The average molecular weight is 566 g/mol. The number of aromatic nitrogens is 3. The molecule has 2 aliphatic rings. The van der Waals surface area contributed by atoms with Crippen molar-refractivity contribution in [1.29, 1.82) is 0 Å². The summed E-state index contributed by atoms with van der Waals surface area (Å²) in [6.07, 6.45) is 9.14. The molecule has 2 unspecified atom stereocenters. The second kappa shape index (κ2) is 13.3. The van der Waals surface area contributed by atoms with E-state index in [1.807, 2.05) is 7.05 Å². The van der Waals surface area contributed by atoms with E-state index >= 15 is 0 Å². The van der Waals surface area contributed by atoms with Crippen molar-refractivity contribution >= 4 is 29.9 Å². The maximum absolute atomic E-state index is 4.46. The van der Waals surface area contributed by atoms with Crippen LogP contribution in [-0.4, -0.2) is 57.8 Å². The van der Waals surface area contributed by atoms with Gasteiger partial charge in [-0.2, -0.15) is 0 Å². The molecule has 7 nitrogen and oxygen atoms in total. The van der Waals surface area contributed by atoms with Gasteiger partial charge in [-0.3, -0.25) is 9.89 Å². The number of rotatable bonds is 7. The van der Waals surface area contributed by atoms with Crippen LogP contribution in [0.15, 0.2) is 35.3 Å². The summed E-state index contributed by atoms with van der Waals surface area (Å²) in [4.78, 5) is 7.05. The molecule has 1 aromatic carbocycles. The molecule has 33 heavy (non-hydrogen) atoms. The molecule has 2 aromatic rings. The molecular formula is C25H40IN7. The number of piperidine rings is 1. The number of nitrogens with one attached hydrogen (secondary N) is 2. The van der Waals surface area contributed by atoms with Crippen molar-refractivity contribution in [3.8, 4) is 0 Å². The molecule has 3 heterocycles. The number of aryl methyl sites for hydroxylation is 2. The number of hydrogen-bond acceptors (Lipinski definition) is 4. The van der Waals surface area contributed by atoms with Crippen molar-refractivity contribution < 1.29 is 0 Å². The van der Waals surface area contributed by atoms with E-state index in [9.17, 15) is 0 Å². The minimum absolute atomic E-state index is 0. The van der Waals surface area contributed by atoms with Crippen LogP contribution >= 0.6 is 24.0 Å². The Morgan fingerprint density at radius 2 is 1.97 bits per heavy atom. The molecule has 0 bridgehead atoms. The summed E-state index contributed by atoms with van der Waals surface area (Å²) in [5.74, 6) is 3.24. The van der Waals surface area contributed by atoms with Gasteiger partial charge in [-0.1, -0.05) is 36.8 Å². The van der Waals surface area contributed by atoms with E-state index in [1.165, 1.54) is 30.7 Å². The molecule has 4 rings (SSSR count). The Hall–Kier alpha value is -1.68. The Labute approximate surface area is 215 Å². The summed E-state index contributed by atoms with van der Waals surface area (Å²) in [5.41, 5.74) is 1.40. The topological polar surface area (TPSA) is 70.4 Å². The first kappa shape index (κ1) is 25.9. The van der Waals surface area contributed by atoms with Crippen molar-refractivity contribution in [3.63, 3.8) is 0 Å². The van der Waals surface area contributed by atoms with Crippen molar-refractivity contribution in [1.82, 2.24) is 30.3 Å². The van der Waals surface area contributed by atoms with Crippen molar-refractivity contribution in [2.45, 2.75) is 83.5 Å². The molecule has 0 aliphatic carbocycles. The molecule has 1 saturated heterocycles. The molecule has 2 aliphatic heterocycles. The standard InChI is InChI=1S/C25H39N7.HI/c1-20-18-22(14-17-31(20)19-21-10-5-3-6-11-21)28-25(26-2)27-15-9-13-24-30-29-23-12-7-4-8-16-32(23)24;/h3,5-6,10-11,20,22H,4,7-9,12-19H2,1-2H3,(H2,26,27,28);1H. The van der Waals surface area contributed by atoms with E-state index < -0.39 is 0 Å². The maximum Gasteiger partial charge on any atom is 0.191 e. The van der Waals surface area contributed by atoms with Gasteiger partial charge in [0.15, 0.2) is 5.96 Å². The molecular weight excluding hydrogens is 525 g/mol. The van der Waals surface area contributed by atoms with Crippen LogP contribution in [0.1, 0.15) is 62.7 Å². The smallest absolute Gasteiger partial charge is 0.191 e. The largest absolute Gasteiger partial charge is 0.356 e. The molecule has 0 amide bonds. The number of guanidine groups is 1. The molecule has 8 heteroatoms. The lowest BCUT2D eigenvalue weighted by Gasteiger charge is -2.38. The molecule has 2 N–H and O–H groups in total. The van der Waals surface area contributed by atoms with Gasteiger partial charge in [-0.25, -0.2) is 0 Å². The number of fused-ring (bicyclic) bond motifs is 1. The molecule has 182 valence electrons. The normalized spacial score (nSPS) is 21.6. The number of halogens is 1. The highest BCUT2D eigenvalue weighted by atomic mass is 127. The molecule has 0 spiro atoms. The first-order chi connectivity index (χ1) is 15.7. The summed E-state index contributed by atoms with van der Waals surface area (Å²) in [7, 11) is 1.86. The highest BCUT2D eigenvalue weighted by Gasteiger charge is 2.26. The van der Waals surface area contributed by atoms with Crippen LogP contribution in [0.25, 0.3) is 0 Å². The van der Waals surface area contributed by atoms with E-state index in [0.717, 1.165) is 70.1 Å². The van der Waals surface area contributed by atoms with E-state index in [1.54, 1.807) is 0 Å². The van der Waals surface area contributed by atoms with Gasteiger partial charge in [0.25, 0.3) is 0 Å². The van der Waals surface area contributed by atoms with Crippen molar-refractivity contribution in [3.05, 3.63) is 47.5 Å². The number of nitrogens with zero attached hydrogens (tertiary/aromatic N) is 5. The number of benzene rings is 1. The Bertz CT molecular complexity index is 867. The van der Waals surface area contributed by atoms with Crippen LogP contribution in [-0.2, 0) is 25.9 Å². The lowest BCUT2D eigenvalue weighted by Crippen LogP contribution is -2.51. The fourth-order valence-electron chi connectivity index (χ4n) is 4.98. The summed E-state index contributed by atoms with van der Waals surface area (Å²) in [6, 6.07) is 11.8. The van der Waals surface area contributed by atoms with Crippen LogP contribution in [0.5, 0.6) is 0 Å². The molecule has 1 aromatic heterocycles. The van der Waals surface area contributed by atoms with E-state index in [-0.39, 0.29) is 24.0 Å². The van der Waals surface area contributed by atoms with Gasteiger partial charge in [-0.15, -0.1) is 34.2 Å². The van der Waals surface area contributed by atoms with E-state index in [4.69, 9.17) is 0 Å². The summed E-state index contributed by atoms with van der Waals surface area (Å²) < 4.78 is 2.35. The van der Waals surface area contributed by atoms with E-state index in [0.29, 0.717) is 12.1 Å². The van der Waals surface area contributed by atoms with Gasteiger partial charge < -0.3 is 15.2 Å². The van der Waals surface area contributed by atoms with Gasteiger partial charge >= 0.3 is 0 Å². The molecule has 2 atom stereocenters. The van der Waals surface area contributed by atoms with Gasteiger partial charge in [0.2, 0.25) is 0 Å². The Morgan fingerprint density at radius 1 is 1.12 bits per heavy atom. The molecule has 0 saturated carbocycles. The van der Waals surface area contributed by atoms with Crippen LogP contribution < -0.4 is 10.6 Å². The van der Waals surface area contributed by atoms with Crippen LogP contribution in [0.4, 0.5) is 0 Å². The average Bonchev–Trinajstić information content (AvgIpc) is 3.04. The van der Waals surface area contributed by atoms with Gasteiger partial charge in [0.05, 0.1) is 0 Å². The maximum atomic E-state index is 4.46. The van der Waals surface area contributed by atoms with E-state index in [2.05, 4.69) is 72.5 Å². The third-order valence-electron chi connectivity index (χ3n) is 6.86. The highest BCUT2D eigenvalue weighted by molar-refractivity contribution is 14.0. The predicted octanol–water partition coefficient (Wildman–Crippen LogP) is 3.77. The number of likely N-dealkylation sites (tertiary alicyclic amines) is 1. The monoisotopic (exact) mass is 565 g/mol. The SMILES string of the molecule is CN=C(NCCCc1nnc2n1CCCCC2)NC1CCN(Cc2ccccc2)C(C)C1.I. The molecule has 1 fully saturated rings. The van der Waals surface area contributed by atoms with Gasteiger partial charge in [0.1, 0.15) is 11.6 Å². The fourth-order valence-corrected chi connectivity index (χ4v) is 4.98. The van der Waals surface area contributed by atoms with Crippen molar-refractivity contribution in [2.75, 3.05) is 20.1 Å². The Morgan fingerprint density at radius 3 is 2.76 bits per heavy atom. The minimum atomic E-state index is 0. The zero-order valence-corrected chi connectivity index (χ0v) is 22.5. The van der Waals surface area contributed by atoms with Crippen molar-refractivity contribution in [2.24, 2.45) is 4.99 Å². The summed E-state index contributed by atoms with van der Waals surface area (Å²) >= 11 is 0. The summed E-state index contributed by atoms with van der Waals surface area (Å²) in [5, 5.41) is 16.0. The Balaban J connectivity index is 0.00000306. The van der Waals surface area contributed by atoms with Crippen LogP contribution in [0, 0.1) is 0 Å². The van der Waals surface area contributed by atoms with Crippen LogP contribution in [0.2, 0.25) is 0 Å². The lowest BCUT2D eigenvalue weighted by molar-refractivity contribution is 0.134. The lowest BCUT2D eigenvalue weighted by atomic mass is 9.97. The third kappa shape index (κ3) is 7.40. The highest BCUT2D eigenvalue weighted by Crippen LogP contribution is 2.20. The zero-order valence-electron chi connectivity index (χ0n) is 20.2. The third-order valence-corrected chi connectivity index (χ3v) is 6.86. The molecule has 0 radical (unpaired) electrons. The zero-order chi connectivity index (χ0) is 22.2. The second-order valence-corrected chi connectivity index (χ2v) is 9.27. The fraction of sp³-hybridized carbons (Fsp3) is 0.640. The first-order valence-electron chi connectivity index (χ1n) is 12.4. The first-order valence-corrected chi connectivity index (χ1v) is 12.4. The van der Waals surface area contributed by atoms with Gasteiger partial charge in [0, 0.05) is 58.2 Å². The second-order valence-electron chi connectivity index (χ2n) is 9.27.